The average Bonchev–Trinajstić information content (AvgIpc) is 3.40. The Morgan fingerprint density at radius 2 is 2.06 bits per heavy atom. The minimum Gasteiger partial charge on any atom is -0.466 e. The molecular formula is C25H24N4O2. The van der Waals surface area contributed by atoms with Gasteiger partial charge in [0.15, 0.2) is 0 Å². The molecule has 6 nitrogen and oxygen atoms in total. The van der Waals surface area contributed by atoms with Crippen molar-refractivity contribution in [3.05, 3.63) is 94.8 Å². The van der Waals surface area contributed by atoms with E-state index in [0.717, 1.165) is 34.6 Å². The highest BCUT2D eigenvalue weighted by atomic mass is 16.5. The normalized spacial score (nSPS) is 11.9. The standard InChI is InChI=1S/C25H24N4O2/c1-3-31-23(30)14-20-17(2)24(29-16-19(15-26)9-10-22(20)29)21(25-27-11-12-28-25)13-18-7-5-4-6-8-18/h4-12,16,21H,3,13-14H2,1-2H3,(H,27,28). The predicted octanol–water partition coefficient (Wildman–Crippen LogP) is 4.32. The second kappa shape index (κ2) is 8.88. The Bertz CT molecular complexity index is 1230. The molecule has 1 unspecified atom stereocenters. The van der Waals surface area contributed by atoms with Crippen molar-refractivity contribution in [3.8, 4) is 6.07 Å². The molecule has 0 saturated carbocycles. The summed E-state index contributed by atoms with van der Waals surface area (Å²) in [4.78, 5) is 20.1. The molecule has 1 aromatic carbocycles. The molecule has 4 rings (SSSR count). The second-order valence-corrected chi connectivity index (χ2v) is 7.47. The van der Waals surface area contributed by atoms with E-state index in [9.17, 15) is 10.1 Å². The Morgan fingerprint density at radius 1 is 1.26 bits per heavy atom. The number of nitriles is 1. The van der Waals surface area contributed by atoms with E-state index >= 15 is 0 Å². The minimum atomic E-state index is -0.258. The van der Waals surface area contributed by atoms with E-state index in [4.69, 9.17) is 4.74 Å². The number of ether oxygens (including phenoxy) is 1. The predicted molar refractivity (Wildman–Crippen MR) is 118 cm³/mol. The van der Waals surface area contributed by atoms with Crippen LogP contribution in [-0.4, -0.2) is 26.9 Å². The number of nitrogens with zero attached hydrogens (tertiary/aromatic N) is 3. The van der Waals surface area contributed by atoms with Crippen LogP contribution in [0.2, 0.25) is 0 Å². The van der Waals surface area contributed by atoms with E-state index in [1.165, 1.54) is 5.56 Å². The number of nitrogens with one attached hydrogen (secondary N) is 1. The summed E-state index contributed by atoms with van der Waals surface area (Å²) in [5, 5.41) is 9.48. The number of rotatable bonds is 7. The maximum absolute atomic E-state index is 12.3. The van der Waals surface area contributed by atoms with Crippen molar-refractivity contribution in [3.63, 3.8) is 0 Å². The van der Waals surface area contributed by atoms with Crippen LogP contribution in [-0.2, 0) is 22.4 Å². The van der Waals surface area contributed by atoms with E-state index in [0.29, 0.717) is 12.2 Å². The molecule has 0 spiro atoms. The van der Waals surface area contributed by atoms with Crippen LogP contribution in [0, 0.1) is 18.3 Å². The summed E-state index contributed by atoms with van der Waals surface area (Å²) in [5.41, 5.74) is 5.60. The summed E-state index contributed by atoms with van der Waals surface area (Å²) >= 11 is 0. The van der Waals surface area contributed by atoms with Gasteiger partial charge in [0, 0.05) is 29.8 Å². The van der Waals surface area contributed by atoms with Crippen molar-refractivity contribution >= 4 is 11.5 Å². The fourth-order valence-electron chi connectivity index (χ4n) is 4.19. The number of pyridine rings is 1. The van der Waals surface area contributed by atoms with Crippen LogP contribution in [0.3, 0.4) is 0 Å². The summed E-state index contributed by atoms with van der Waals surface area (Å²) in [6, 6.07) is 16.2. The van der Waals surface area contributed by atoms with Gasteiger partial charge in [-0.2, -0.15) is 5.26 Å². The Labute approximate surface area is 181 Å². The minimum absolute atomic E-state index is 0.0743. The maximum Gasteiger partial charge on any atom is 0.310 e. The van der Waals surface area contributed by atoms with Gasteiger partial charge in [-0.05, 0) is 49.1 Å². The fourth-order valence-corrected chi connectivity index (χ4v) is 4.19. The van der Waals surface area contributed by atoms with Gasteiger partial charge in [-0.15, -0.1) is 0 Å². The summed E-state index contributed by atoms with van der Waals surface area (Å²) in [5.74, 6) is 0.512. The number of hydrogen-bond acceptors (Lipinski definition) is 4. The monoisotopic (exact) mass is 412 g/mol. The van der Waals surface area contributed by atoms with E-state index < -0.39 is 0 Å². The summed E-state index contributed by atoms with van der Waals surface area (Å²) in [7, 11) is 0. The molecular weight excluding hydrogens is 388 g/mol. The topological polar surface area (TPSA) is 83.2 Å². The number of H-pyrrole nitrogens is 1. The molecule has 0 saturated heterocycles. The lowest BCUT2D eigenvalue weighted by Gasteiger charge is -2.17. The van der Waals surface area contributed by atoms with Gasteiger partial charge in [0.05, 0.1) is 24.5 Å². The quantitative estimate of drug-likeness (QED) is 0.458. The molecule has 0 bridgehead atoms. The Balaban J connectivity index is 1.91. The molecule has 6 heteroatoms. The molecule has 1 N–H and O–H groups in total. The Hall–Kier alpha value is -3.85. The van der Waals surface area contributed by atoms with E-state index in [-0.39, 0.29) is 18.3 Å². The second-order valence-electron chi connectivity index (χ2n) is 7.47. The number of carbonyl (C=O) groups excluding carboxylic acids is 1. The van der Waals surface area contributed by atoms with E-state index in [1.54, 1.807) is 19.2 Å². The summed E-state index contributed by atoms with van der Waals surface area (Å²) < 4.78 is 7.25. The number of aromatic nitrogens is 3. The van der Waals surface area contributed by atoms with Gasteiger partial charge < -0.3 is 14.1 Å². The highest BCUT2D eigenvalue weighted by Gasteiger charge is 2.27. The lowest BCUT2D eigenvalue weighted by atomic mass is 9.92. The number of hydrogen-bond donors (Lipinski definition) is 1. The van der Waals surface area contributed by atoms with Crippen LogP contribution in [0.1, 0.15) is 46.6 Å². The zero-order valence-electron chi connectivity index (χ0n) is 17.6. The smallest absolute Gasteiger partial charge is 0.310 e. The van der Waals surface area contributed by atoms with Crippen LogP contribution >= 0.6 is 0 Å². The largest absolute Gasteiger partial charge is 0.466 e. The zero-order valence-corrected chi connectivity index (χ0v) is 17.6. The third-order valence-corrected chi connectivity index (χ3v) is 5.57. The molecule has 31 heavy (non-hydrogen) atoms. The van der Waals surface area contributed by atoms with Crippen LogP contribution in [0.5, 0.6) is 0 Å². The van der Waals surface area contributed by atoms with Gasteiger partial charge in [-0.3, -0.25) is 4.79 Å². The highest BCUT2D eigenvalue weighted by molar-refractivity contribution is 5.78. The van der Waals surface area contributed by atoms with Gasteiger partial charge in [-0.1, -0.05) is 30.3 Å². The molecule has 156 valence electrons. The lowest BCUT2D eigenvalue weighted by molar-refractivity contribution is -0.142. The van der Waals surface area contributed by atoms with Gasteiger partial charge >= 0.3 is 5.97 Å². The molecule has 0 amide bonds. The van der Waals surface area contributed by atoms with Crippen molar-refractivity contribution in [2.75, 3.05) is 6.61 Å². The van der Waals surface area contributed by atoms with Crippen molar-refractivity contribution in [2.24, 2.45) is 0 Å². The van der Waals surface area contributed by atoms with Gasteiger partial charge in [0.2, 0.25) is 0 Å². The number of fused-ring (bicyclic) bond motifs is 1. The number of benzene rings is 1. The highest BCUT2D eigenvalue weighted by Crippen LogP contribution is 2.34. The van der Waals surface area contributed by atoms with Gasteiger partial charge in [0.25, 0.3) is 0 Å². The van der Waals surface area contributed by atoms with Crippen LogP contribution in [0.4, 0.5) is 0 Å². The number of esters is 1. The fraction of sp³-hybridized carbons (Fsp3) is 0.240. The van der Waals surface area contributed by atoms with E-state index in [1.807, 2.05) is 48.0 Å². The third kappa shape index (κ3) is 4.08. The van der Waals surface area contributed by atoms with Crippen LogP contribution in [0.15, 0.2) is 61.1 Å². The first-order valence-electron chi connectivity index (χ1n) is 10.3. The Kier molecular flexibility index (Phi) is 5.85. The van der Waals surface area contributed by atoms with Crippen LogP contribution < -0.4 is 0 Å². The molecule has 0 aliphatic heterocycles. The number of imidazole rings is 1. The summed E-state index contributed by atoms with van der Waals surface area (Å²) in [6.07, 6.45) is 6.33. The third-order valence-electron chi connectivity index (χ3n) is 5.57. The van der Waals surface area contributed by atoms with Crippen LogP contribution in [0.25, 0.3) is 5.52 Å². The SMILES string of the molecule is CCOC(=O)Cc1c(C)c(C(Cc2ccccc2)c2ncc[nH]2)n2cc(C#N)ccc12. The molecule has 0 fully saturated rings. The maximum atomic E-state index is 12.3. The van der Waals surface area contributed by atoms with Crippen molar-refractivity contribution < 1.29 is 9.53 Å². The molecule has 4 aromatic rings. The van der Waals surface area contributed by atoms with Crippen molar-refractivity contribution in [1.82, 2.24) is 14.4 Å². The summed E-state index contributed by atoms with van der Waals surface area (Å²) in [6.45, 7) is 4.18. The van der Waals surface area contributed by atoms with Gasteiger partial charge in [-0.25, -0.2) is 4.98 Å². The zero-order chi connectivity index (χ0) is 21.8. The first-order chi connectivity index (χ1) is 15.1. The first kappa shape index (κ1) is 20.4. The molecule has 1 atom stereocenters. The van der Waals surface area contributed by atoms with Gasteiger partial charge in [0.1, 0.15) is 11.9 Å². The first-order valence-corrected chi connectivity index (χ1v) is 10.3. The van der Waals surface area contributed by atoms with E-state index in [2.05, 4.69) is 28.2 Å². The molecule has 0 radical (unpaired) electrons. The molecule has 3 aromatic heterocycles. The average molecular weight is 412 g/mol. The Morgan fingerprint density at radius 3 is 2.74 bits per heavy atom. The number of aromatic amines is 1. The number of carbonyl (C=O) groups is 1. The lowest BCUT2D eigenvalue weighted by Crippen LogP contribution is -2.12. The molecule has 0 aliphatic rings. The molecule has 3 heterocycles. The van der Waals surface area contributed by atoms with Crippen molar-refractivity contribution in [2.45, 2.75) is 32.6 Å². The molecule has 0 aliphatic carbocycles. The van der Waals surface area contributed by atoms with Crippen molar-refractivity contribution in [1.29, 1.82) is 5.26 Å².